The lowest BCUT2D eigenvalue weighted by molar-refractivity contribution is -0.114. The highest BCUT2D eigenvalue weighted by atomic mass is 16.5. The van der Waals surface area contributed by atoms with Gasteiger partial charge in [0.1, 0.15) is 17.2 Å². The number of amides is 1. The Balaban J connectivity index is 1.69. The molecule has 5 heterocycles. The van der Waals surface area contributed by atoms with Gasteiger partial charge in [-0.3, -0.25) is 4.79 Å². The maximum Gasteiger partial charge on any atom is 0.222 e. The van der Waals surface area contributed by atoms with Gasteiger partial charge < -0.3 is 28.8 Å². The molecule has 0 bridgehead atoms. The van der Waals surface area contributed by atoms with E-state index < -0.39 is 5.60 Å². The Morgan fingerprint density at radius 3 is 2.72 bits per heavy atom. The largest absolute Gasteiger partial charge is 0.497 e. The Labute approximate surface area is 185 Å². The quantitative estimate of drug-likeness (QED) is 0.632. The number of ether oxygens (including phenoxy) is 4. The number of fused-ring (bicyclic) bond motifs is 1. The minimum atomic E-state index is -0.605. The second-order valence-corrected chi connectivity index (χ2v) is 8.19. The molecule has 0 saturated carbocycles. The topological polar surface area (TPSA) is 96.7 Å². The summed E-state index contributed by atoms with van der Waals surface area (Å²) < 4.78 is 24.7. The van der Waals surface area contributed by atoms with Gasteiger partial charge in [0, 0.05) is 56.3 Å². The fraction of sp³-hybridized carbons (Fsp3) is 0.435. The normalized spacial score (nSPS) is 21.0. The molecular formula is C23H26N4O5. The second-order valence-electron chi connectivity index (χ2n) is 8.19. The van der Waals surface area contributed by atoms with Gasteiger partial charge in [-0.25, -0.2) is 9.97 Å². The van der Waals surface area contributed by atoms with Crippen molar-refractivity contribution in [1.82, 2.24) is 14.5 Å². The average Bonchev–Trinajstić information content (AvgIpc) is 3.38. The molecule has 0 aliphatic carbocycles. The zero-order chi connectivity index (χ0) is 22.3. The van der Waals surface area contributed by atoms with E-state index in [1.165, 1.54) is 6.92 Å². The summed E-state index contributed by atoms with van der Waals surface area (Å²) in [5.74, 6) is 1.02. The number of carbonyl (C=O) groups is 1. The van der Waals surface area contributed by atoms with Crippen LogP contribution < -0.4 is 10.1 Å². The van der Waals surface area contributed by atoms with Gasteiger partial charge in [-0.15, -0.1) is 0 Å². The molecule has 0 aromatic carbocycles. The van der Waals surface area contributed by atoms with Crippen LogP contribution in [0.5, 0.6) is 5.75 Å². The van der Waals surface area contributed by atoms with E-state index in [2.05, 4.69) is 21.1 Å². The molecule has 1 N–H and O–H groups in total. The standard InChI is InChI=1S/C23H26N4O5/c1-14(28)25-22-8-17-18(10-27(15-11-32-12-15)20(17)9-24-22)19-6-16(29-2)7-21(26-19)23(30-3)4-5-31-13-23/h6-10,15H,4-5,11-13H2,1-3H3,(H,24,25,28). The van der Waals surface area contributed by atoms with E-state index in [0.717, 1.165) is 34.3 Å². The molecule has 1 amide bonds. The first-order chi connectivity index (χ1) is 15.5. The smallest absolute Gasteiger partial charge is 0.222 e. The van der Waals surface area contributed by atoms with Crippen LogP contribution in [-0.4, -0.2) is 61.1 Å². The van der Waals surface area contributed by atoms with Crippen LogP contribution in [0.4, 0.5) is 5.82 Å². The van der Waals surface area contributed by atoms with E-state index in [1.54, 1.807) is 20.4 Å². The molecule has 1 atom stereocenters. The molecule has 5 rings (SSSR count). The molecule has 32 heavy (non-hydrogen) atoms. The Kier molecular flexibility index (Phi) is 5.32. The molecule has 9 heteroatoms. The summed E-state index contributed by atoms with van der Waals surface area (Å²) in [4.78, 5) is 21.0. The number of hydrogen-bond acceptors (Lipinski definition) is 7. The highest BCUT2D eigenvalue weighted by Crippen LogP contribution is 2.39. The average molecular weight is 438 g/mol. The first kappa shape index (κ1) is 20.9. The molecule has 2 fully saturated rings. The Bertz CT molecular complexity index is 1160. The predicted octanol–water partition coefficient (Wildman–Crippen LogP) is 2.90. The fourth-order valence-electron chi connectivity index (χ4n) is 4.30. The third-order valence-electron chi connectivity index (χ3n) is 6.19. The van der Waals surface area contributed by atoms with E-state index in [9.17, 15) is 4.79 Å². The summed E-state index contributed by atoms with van der Waals surface area (Å²) in [6.45, 7) is 3.83. The number of aromatic nitrogens is 3. The van der Waals surface area contributed by atoms with E-state index in [-0.39, 0.29) is 11.9 Å². The minimum Gasteiger partial charge on any atom is -0.497 e. The van der Waals surface area contributed by atoms with Crippen molar-refractivity contribution in [2.75, 3.05) is 46.0 Å². The lowest BCUT2D eigenvalue weighted by Gasteiger charge is -2.28. The number of anilines is 1. The Hall–Kier alpha value is -3.01. The molecule has 3 aromatic heterocycles. The zero-order valence-electron chi connectivity index (χ0n) is 18.4. The first-order valence-electron chi connectivity index (χ1n) is 10.6. The van der Waals surface area contributed by atoms with Gasteiger partial charge in [-0.2, -0.15) is 0 Å². The van der Waals surface area contributed by atoms with E-state index >= 15 is 0 Å². The summed E-state index contributed by atoms with van der Waals surface area (Å²) >= 11 is 0. The van der Waals surface area contributed by atoms with Crippen LogP contribution in [-0.2, 0) is 24.6 Å². The molecule has 2 aliphatic heterocycles. The lowest BCUT2D eigenvalue weighted by atomic mass is 9.96. The maximum absolute atomic E-state index is 11.6. The van der Waals surface area contributed by atoms with Crippen LogP contribution >= 0.6 is 0 Å². The third-order valence-corrected chi connectivity index (χ3v) is 6.19. The van der Waals surface area contributed by atoms with Crippen molar-refractivity contribution >= 4 is 22.6 Å². The molecule has 2 saturated heterocycles. The highest BCUT2D eigenvalue weighted by Gasteiger charge is 2.39. The van der Waals surface area contributed by atoms with Crippen molar-refractivity contribution in [2.24, 2.45) is 0 Å². The number of nitrogens with zero attached hydrogens (tertiary/aromatic N) is 3. The van der Waals surface area contributed by atoms with Crippen LogP contribution in [0.3, 0.4) is 0 Å². The van der Waals surface area contributed by atoms with Crippen molar-refractivity contribution in [2.45, 2.75) is 25.0 Å². The molecule has 0 radical (unpaired) electrons. The third kappa shape index (κ3) is 3.52. The van der Waals surface area contributed by atoms with Gasteiger partial charge in [0.05, 0.1) is 56.1 Å². The van der Waals surface area contributed by atoms with Crippen LogP contribution in [0, 0.1) is 0 Å². The summed E-state index contributed by atoms with van der Waals surface area (Å²) in [5, 5.41) is 3.71. The van der Waals surface area contributed by atoms with Crippen molar-refractivity contribution in [3.63, 3.8) is 0 Å². The number of nitrogens with one attached hydrogen (secondary N) is 1. The number of pyridine rings is 2. The molecule has 168 valence electrons. The molecule has 1 unspecified atom stereocenters. The van der Waals surface area contributed by atoms with Crippen molar-refractivity contribution in [3.8, 4) is 17.0 Å². The monoisotopic (exact) mass is 438 g/mol. The van der Waals surface area contributed by atoms with E-state index in [1.807, 2.05) is 18.2 Å². The minimum absolute atomic E-state index is 0.171. The maximum atomic E-state index is 11.6. The second kappa shape index (κ2) is 8.16. The Morgan fingerprint density at radius 1 is 1.25 bits per heavy atom. The van der Waals surface area contributed by atoms with Crippen LogP contribution in [0.25, 0.3) is 22.2 Å². The number of hydrogen-bond donors (Lipinski definition) is 1. The molecule has 3 aromatic rings. The van der Waals surface area contributed by atoms with E-state index in [4.69, 9.17) is 23.9 Å². The van der Waals surface area contributed by atoms with Gasteiger partial charge in [0.25, 0.3) is 0 Å². The van der Waals surface area contributed by atoms with Crippen LogP contribution in [0.1, 0.15) is 25.1 Å². The van der Waals surface area contributed by atoms with Gasteiger partial charge in [0.2, 0.25) is 5.91 Å². The van der Waals surface area contributed by atoms with Gasteiger partial charge in [0.15, 0.2) is 0 Å². The molecule has 2 aliphatic rings. The van der Waals surface area contributed by atoms with Crippen molar-refractivity contribution < 1.29 is 23.7 Å². The van der Waals surface area contributed by atoms with Crippen LogP contribution in [0.15, 0.2) is 30.6 Å². The lowest BCUT2D eigenvalue weighted by Crippen LogP contribution is -2.30. The number of rotatable bonds is 6. The summed E-state index contributed by atoms with van der Waals surface area (Å²) in [5.41, 5.74) is 2.81. The summed E-state index contributed by atoms with van der Waals surface area (Å²) in [6, 6.07) is 5.94. The summed E-state index contributed by atoms with van der Waals surface area (Å²) in [7, 11) is 3.32. The fourth-order valence-corrected chi connectivity index (χ4v) is 4.30. The first-order valence-corrected chi connectivity index (χ1v) is 10.6. The van der Waals surface area contributed by atoms with Gasteiger partial charge >= 0.3 is 0 Å². The van der Waals surface area contributed by atoms with Crippen LogP contribution in [0.2, 0.25) is 0 Å². The zero-order valence-corrected chi connectivity index (χ0v) is 18.4. The Morgan fingerprint density at radius 2 is 2.09 bits per heavy atom. The van der Waals surface area contributed by atoms with Gasteiger partial charge in [-0.05, 0) is 6.07 Å². The number of carbonyl (C=O) groups excluding carboxylic acids is 1. The SMILES string of the molecule is COc1cc(-c2cn(C3COC3)c3cnc(NC(C)=O)cc23)nc(C2(OC)CCOC2)c1. The predicted molar refractivity (Wildman–Crippen MR) is 118 cm³/mol. The van der Waals surface area contributed by atoms with Crippen molar-refractivity contribution in [1.29, 1.82) is 0 Å². The number of methoxy groups -OCH3 is 2. The molecule has 9 nitrogen and oxygen atoms in total. The molecular weight excluding hydrogens is 412 g/mol. The highest BCUT2D eigenvalue weighted by molar-refractivity contribution is 5.98. The van der Waals surface area contributed by atoms with Gasteiger partial charge in [-0.1, -0.05) is 0 Å². The molecule has 0 spiro atoms. The van der Waals surface area contributed by atoms with E-state index in [0.29, 0.717) is 38.0 Å². The van der Waals surface area contributed by atoms with Crippen molar-refractivity contribution in [3.05, 3.63) is 36.3 Å². The summed E-state index contributed by atoms with van der Waals surface area (Å²) in [6.07, 6.45) is 4.58.